The van der Waals surface area contributed by atoms with Crippen molar-refractivity contribution < 1.29 is 19.1 Å². The molecule has 2 atom stereocenters. The molecule has 0 saturated heterocycles. The molecule has 0 aromatic heterocycles. The van der Waals surface area contributed by atoms with Crippen molar-refractivity contribution >= 4 is 11.8 Å². The molecule has 6 heteroatoms. The predicted molar refractivity (Wildman–Crippen MR) is 134 cm³/mol. The molecule has 0 unspecified atom stereocenters. The molecule has 0 radical (unpaired) electrons. The number of hydrogen-bond acceptors (Lipinski definition) is 4. The summed E-state index contributed by atoms with van der Waals surface area (Å²) >= 11 is 0. The van der Waals surface area contributed by atoms with E-state index in [1.807, 2.05) is 83.5 Å². The maximum absolute atomic E-state index is 14.3. The molecule has 3 aromatic rings. The minimum absolute atomic E-state index is 0.0222. The minimum Gasteiger partial charge on any atom is -0.493 e. The SMILES string of the molecule is CCN(Cc1ccccc1)C(=O)[C@H]1c2ccccc2C(=O)N2CCc3cc(OC)c(OC)cc3[C@@H]12. The second-order valence-electron chi connectivity index (χ2n) is 9.00. The van der Waals surface area contributed by atoms with Crippen LogP contribution in [0, 0.1) is 0 Å². The van der Waals surface area contributed by atoms with Crippen molar-refractivity contribution in [2.45, 2.75) is 31.8 Å². The summed E-state index contributed by atoms with van der Waals surface area (Å²) in [5, 5.41) is 0. The summed E-state index contributed by atoms with van der Waals surface area (Å²) in [6.45, 7) is 3.65. The van der Waals surface area contributed by atoms with Gasteiger partial charge >= 0.3 is 0 Å². The molecule has 2 aliphatic heterocycles. The van der Waals surface area contributed by atoms with Crippen molar-refractivity contribution in [1.29, 1.82) is 0 Å². The number of rotatable bonds is 6. The van der Waals surface area contributed by atoms with E-state index in [2.05, 4.69) is 0 Å². The van der Waals surface area contributed by atoms with Gasteiger partial charge in [0.1, 0.15) is 0 Å². The molecular weight excluding hydrogens is 440 g/mol. The van der Waals surface area contributed by atoms with Crippen LogP contribution in [0.4, 0.5) is 0 Å². The molecule has 0 saturated carbocycles. The first-order valence-corrected chi connectivity index (χ1v) is 12.0. The van der Waals surface area contributed by atoms with E-state index < -0.39 is 12.0 Å². The molecule has 0 fully saturated rings. The lowest BCUT2D eigenvalue weighted by Gasteiger charge is -2.46. The largest absolute Gasteiger partial charge is 0.493 e. The Morgan fingerprint density at radius 3 is 2.37 bits per heavy atom. The summed E-state index contributed by atoms with van der Waals surface area (Å²) in [6, 6.07) is 21.1. The third kappa shape index (κ3) is 3.93. The van der Waals surface area contributed by atoms with Crippen LogP contribution >= 0.6 is 0 Å². The number of hydrogen-bond donors (Lipinski definition) is 0. The Kier molecular flexibility index (Phi) is 6.20. The van der Waals surface area contributed by atoms with E-state index in [-0.39, 0.29) is 11.8 Å². The van der Waals surface area contributed by atoms with E-state index >= 15 is 0 Å². The second-order valence-corrected chi connectivity index (χ2v) is 9.00. The maximum atomic E-state index is 14.3. The van der Waals surface area contributed by atoms with Crippen LogP contribution in [0.15, 0.2) is 66.7 Å². The van der Waals surface area contributed by atoms with E-state index in [4.69, 9.17) is 9.47 Å². The maximum Gasteiger partial charge on any atom is 0.254 e. The number of likely N-dealkylation sites (N-methyl/N-ethyl adjacent to an activating group) is 1. The molecule has 3 aromatic carbocycles. The summed E-state index contributed by atoms with van der Waals surface area (Å²) in [5.41, 5.74) is 4.51. The fourth-order valence-electron chi connectivity index (χ4n) is 5.47. The van der Waals surface area contributed by atoms with Crippen LogP contribution < -0.4 is 9.47 Å². The zero-order chi connectivity index (χ0) is 24.5. The Morgan fingerprint density at radius 1 is 0.971 bits per heavy atom. The van der Waals surface area contributed by atoms with Crippen LogP contribution in [-0.4, -0.2) is 48.9 Å². The van der Waals surface area contributed by atoms with Gasteiger partial charge in [-0.2, -0.15) is 0 Å². The highest BCUT2D eigenvalue weighted by atomic mass is 16.5. The molecule has 2 amide bonds. The third-order valence-electron chi connectivity index (χ3n) is 7.20. The van der Waals surface area contributed by atoms with Gasteiger partial charge < -0.3 is 19.3 Å². The summed E-state index contributed by atoms with van der Waals surface area (Å²) in [4.78, 5) is 31.6. The zero-order valence-electron chi connectivity index (χ0n) is 20.4. The van der Waals surface area contributed by atoms with E-state index in [0.717, 1.165) is 22.3 Å². The molecule has 2 heterocycles. The van der Waals surface area contributed by atoms with E-state index in [1.165, 1.54) is 0 Å². The minimum atomic E-state index is -0.510. The standard InChI is InChI=1S/C29H30N2O4/c1-4-30(18-19-10-6-5-7-11-19)29(33)26-21-12-8-9-13-22(21)28(32)31-15-14-20-16-24(34-2)25(35-3)17-23(20)27(26)31/h5-13,16-17,26-27H,4,14-15,18H2,1-3H3/t26-,27-/m0/s1. The van der Waals surface area contributed by atoms with E-state index in [0.29, 0.717) is 43.1 Å². The monoisotopic (exact) mass is 470 g/mol. The molecule has 5 rings (SSSR count). The van der Waals surface area contributed by atoms with Crippen molar-refractivity contribution in [2.24, 2.45) is 0 Å². The Hall–Kier alpha value is -3.80. The highest BCUT2D eigenvalue weighted by molar-refractivity contribution is 6.01. The second kappa shape index (κ2) is 9.45. The lowest BCUT2D eigenvalue weighted by atomic mass is 9.75. The fraction of sp³-hybridized carbons (Fsp3) is 0.310. The van der Waals surface area contributed by atoms with Crippen molar-refractivity contribution in [1.82, 2.24) is 9.80 Å². The lowest BCUT2D eigenvalue weighted by molar-refractivity contribution is -0.135. The quantitative estimate of drug-likeness (QED) is 0.529. The highest BCUT2D eigenvalue weighted by Crippen LogP contribution is 2.48. The van der Waals surface area contributed by atoms with Gasteiger partial charge in [0.2, 0.25) is 5.91 Å². The topological polar surface area (TPSA) is 59.1 Å². The van der Waals surface area contributed by atoms with Gasteiger partial charge in [0, 0.05) is 25.2 Å². The van der Waals surface area contributed by atoms with Gasteiger partial charge in [-0.25, -0.2) is 0 Å². The first kappa shape index (κ1) is 23.0. The molecule has 0 spiro atoms. The molecule has 2 aliphatic rings. The zero-order valence-corrected chi connectivity index (χ0v) is 20.4. The van der Waals surface area contributed by atoms with E-state index in [9.17, 15) is 9.59 Å². The Balaban J connectivity index is 1.64. The van der Waals surface area contributed by atoms with Crippen LogP contribution in [-0.2, 0) is 17.8 Å². The van der Waals surface area contributed by atoms with Gasteiger partial charge in [-0.05, 0) is 53.8 Å². The smallest absolute Gasteiger partial charge is 0.254 e. The highest BCUT2D eigenvalue weighted by Gasteiger charge is 2.47. The van der Waals surface area contributed by atoms with Crippen LogP contribution in [0.5, 0.6) is 11.5 Å². The molecule has 0 aliphatic carbocycles. The van der Waals surface area contributed by atoms with Gasteiger partial charge in [-0.1, -0.05) is 48.5 Å². The first-order valence-electron chi connectivity index (χ1n) is 12.0. The number of methoxy groups -OCH3 is 2. The summed E-state index contributed by atoms with van der Waals surface area (Å²) < 4.78 is 11.1. The molecule has 180 valence electrons. The van der Waals surface area contributed by atoms with Gasteiger partial charge in [0.15, 0.2) is 11.5 Å². The average molecular weight is 471 g/mol. The summed E-state index contributed by atoms with van der Waals surface area (Å²) in [6.07, 6.45) is 0.697. The first-order chi connectivity index (χ1) is 17.1. The van der Waals surface area contributed by atoms with Crippen molar-refractivity contribution in [3.8, 4) is 11.5 Å². The third-order valence-corrected chi connectivity index (χ3v) is 7.20. The Labute approximate surface area is 206 Å². The number of amides is 2. The van der Waals surface area contributed by atoms with Crippen molar-refractivity contribution in [3.63, 3.8) is 0 Å². The van der Waals surface area contributed by atoms with Gasteiger partial charge in [0.25, 0.3) is 5.91 Å². The molecule has 0 bridgehead atoms. The predicted octanol–water partition coefficient (Wildman–Crippen LogP) is 4.59. The number of carbonyl (C=O) groups is 2. The molecule has 35 heavy (non-hydrogen) atoms. The number of ether oxygens (including phenoxy) is 2. The van der Waals surface area contributed by atoms with Gasteiger partial charge in [-0.15, -0.1) is 0 Å². The van der Waals surface area contributed by atoms with E-state index in [1.54, 1.807) is 14.2 Å². The molecule has 0 N–H and O–H groups in total. The number of nitrogens with zero attached hydrogens (tertiary/aromatic N) is 2. The van der Waals surface area contributed by atoms with Crippen molar-refractivity contribution in [3.05, 3.63) is 94.5 Å². The fourth-order valence-corrected chi connectivity index (χ4v) is 5.47. The molecular formula is C29H30N2O4. The Bertz CT molecular complexity index is 1260. The average Bonchev–Trinajstić information content (AvgIpc) is 2.91. The van der Waals surface area contributed by atoms with Crippen LogP contribution in [0.25, 0.3) is 0 Å². The van der Waals surface area contributed by atoms with Gasteiger partial charge in [0.05, 0.1) is 26.2 Å². The number of fused-ring (bicyclic) bond motifs is 4. The number of benzene rings is 3. The van der Waals surface area contributed by atoms with Crippen molar-refractivity contribution in [2.75, 3.05) is 27.3 Å². The normalized spacial score (nSPS) is 18.3. The number of carbonyl (C=O) groups excluding carboxylic acids is 2. The van der Waals surface area contributed by atoms with Gasteiger partial charge in [-0.3, -0.25) is 9.59 Å². The Morgan fingerprint density at radius 2 is 1.66 bits per heavy atom. The van der Waals surface area contributed by atoms with Crippen LogP contribution in [0.2, 0.25) is 0 Å². The summed E-state index contributed by atoms with van der Waals surface area (Å²) in [7, 11) is 3.22. The van der Waals surface area contributed by atoms with Crippen LogP contribution in [0.1, 0.15) is 51.5 Å². The summed E-state index contributed by atoms with van der Waals surface area (Å²) in [5.74, 6) is 0.742. The lowest BCUT2D eigenvalue weighted by Crippen LogP contribution is -2.50. The van der Waals surface area contributed by atoms with Crippen LogP contribution in [0.3, 0.4) is 0 Å². The molecule has 6 nitrogen and oxygen atoms in total.